The number of imidazole rings is 2. The number of methoxy groups -OCH3 is 1. The summed E-state index contributed by atoms with van der Waals surface area (Å²) < 4.78 is 26.8. The number of benzene rings is 4. The van der Waals surface area contributed by atoms with E-state index < -0.39 is 148 Å². The second-order valence-electron chi connectivity index (χ2n) is 30.2. The van der Waals surface area contributed by atoms with Crippen molar-refractivity contribution in [3.63, 3.8) is 0 Å². The van der Waals surface area contributed by atoms with Crippen molar-refractivity contribution in [3.8, 4) is 0 Å². The predicted octanol–water partition coefficient (Wildman–Crippen LogP) is 7.71. The molecule has 0 bridgehead atoms. The fraction of sp³-hybridized carbons (Fsp3) is 0.506. The maximum absolute atomic E-state index is 15.8. The SMILES string of the molecule is CCC(C)[C@H](NC(=O)[C@@H](NC(=O)[C@H](NC(=O)[C@H](Cc1ccccc1)NC(=O)[C@H](Cc1cn(C(c2ccccc2)(c2ccccc2)c2ccccc2)cn1)NC(=O)[C@H](NC(=O)[C@@H](NC(=O)[C@H](Cc1cncn1C)NC(=O)OC(C)(C)C)C(C)OC(C)(C)C)C(C)C)C(C)C)C(C)OC(C)(C)C)C(=O)OC. The third-order valence-electron chi connectivity index (χ3n) is 17.5. The molecular weight excluding hydrogens is 1320 g/mol. The van der Waals surface area contributed by atoms with E-state index in [0.29, 0.717) is 23.4 Å². The minimum atomic E-state index is -1.56. The van der Waals surface area contributed by atoms with Crippen LogP contribution in [0, 0.1) is 17.8 Å². The van der Waals surface area contributed by atoms with Crippen molar-refractivity contribution < 1.29 is 62.1 Å². The van der Waals surface area contributed by atoms with E-state index in [-0.39, 0.29) is 25.2 Å². The summed E-state index contributed by atoms with van der Waals surface area (Å²) in [5.41, 5.74) is 0.499. The predicted molar refractivity (Wildman–Crippen MR) is 396 cm³/mol. The maximum Gasteiger partial charge on any atom is 0.408 e. The topological polar surface area (TPSA) is 322 Å². The number of carbonyl (C=O) groups excluding carboxylic acids is 9. The third kappa shape index (κ3) is 23.6. The number of hydrogen-bond acceptors (Lipinski definition) is 15. The van der Waals surface area contributed by atoms with Crippen LogP contribution in [0.1, 0.15) is 158 Å². The number of aryl methyl sites for hydroxylation is 1. The van der Waals surface area contributed by atoms with Crippen molar-refractivity contribution >= 4 is 53.4 Å². The van der Waals surface area contributed by atoms with Crippen LogP contribution in [0.3, 0.4) is 0 Å². The molecule has 8 amide bonds. The molecule has 11 atom stereocenters. The molecule has 0 aliphatic carbocycles. The van der Waals surface area contributed by atoms with E-state index in [0.717, 1.165) is 16.7 Å². The molecule has 25 heteroatoms. The molecule has 0 spiro atoms. The lowest BCUT2D eigenvalue weighted by atomic mass is 9.77. The molecule has 564 valence electrons. The first kappa shape index (κ1) is 83.2. The Bertz CT molecular complexity index is 3710. The summed E-state index contributed by atoms with van der Waals surface area (Å²) >= 11 is 0. The summed E-state index contributed by atoms with van der Waals surface area (Å²) in [6.07, 6.45) is 3.64. The molecule has 25 nitrogen and oxygen atoms in total. The minimum absolute atomic E-state index is 0.0656. The molecule has 2 aromatic heterocycles. The standard InChI is InChI=1S/C79H110N12O13/c1-20-50(6)64(74(99)101-19)87-73(98)66(52(8)103-77(12,13)14)89-71(96)63(49(4)5)85-68(93)59(41-53-33-25-21-26-34-53)82-67(92)60(42-57-45-91(47-81-57)79(54-35-27-22-28-36-54,55-37-29-23-30-38-55)56-39-31-24-32-40-56)83-70(95)62(48(2)3)86-72(97)65(51(7)102-76(9,10)11)88-69(94)61(43-58-44-80-46-90(58)18)84-75(100)104-78(15,16)17/h21-40,44-52,59-66H,20,41-43H2,1-19H3,(H,82,92)(H,83,95)(H,84,100)(H,85,93)(H,86,97)(H,87,98)(H,88,94)(H,89,96)/t50?,51?,52?,59-,60-,61-,62+,63+,64-,65-,66-/m0/s1. The van der Waals surface area contributed by atoms with Crippen molar-refractivity contribution in [3.05, 3.63) is 180 Å². The highest BCUT2D eigenvalue weighted by atomic mass is 16.6. The Hall–Kier alpha value is -9.75. The van der Waals surface area contributed by atoms with Gasteiger partial charge in [-0.15, -0.1) is 0 Å². The molecule has 3 unspecified atom stereocenters. The smallest absolute Gasteiger partial charge is 0.408 e. The molecule has 0 radical (unpaired) electrons. The van der Waals surface area contributed by atoms with Crippen molar-refractivity contribution in [2.75, 3.05) is 7.11 Å². The summed E-state index contributed by atoms with van der Waals surface area (Å²) in [6, 6.07) is 27.4. The number of nitrogens with one attached hydrogen (secondary N) is 8. The van der Waals surface area contributed by atoms with Crippen LogP contribution in [-0.2, 0) is 89.2 Å². The minimum Gasteiger partial charge on any atom is -0.467 e. The molecule has 0 saturated carbocycles. The average molecular weight is 1440 g/mol. The summed E-state index contributed by atoms with van der Waals surface area (Å²) in [5, 5.41) is 22.6. The monoisotopic (exact) mass is 1430 g/mol. The quantitative estimate of drug-likeness (QED) is 0.0142. The lowest BCUT2D eigenvalue weighted by Gasteiger charge is -2.37. The van der Waals surface area contributed by atoms with E-state index in [1.54, 1.807) is 178 Å². The van der Waals surface area contributed by atoms with Crippen molar-refractivity contribution in [1.29, 1.82) is 0 Å². The number of alkyl carbamates (subject to hydrolysis) is 1. The van der Waals surface area contributed by atoms with Gasteiger partial charge in [-0.3, -0.25) is 33.6 Å². The lowest BCUT2D eigenvalue weighted by Crippen LogP contribution is -2.63. The highest BCUT2D eigenvalue weighted by molar-refractivity contribution is 5.98. The molecule has 0 saturated heterocycles. The number of carbonyl (C=O) groups is 9. The summed E-state index contributed by atoms with van der Waals surface area (Å²) in [5.74, 6) is -7.98. The van der Waals surface area contributed by atoms with Crippen LogP contribution in [0.15, 0.2) is 146 Å². The molecule has 0 fully saturated rings. The van der Waals surface area contributed by atoms with Gasteiger partial charge in [-0.1, -0.05) is 169 Å². The van der Waals surface area contributed by atoms with Crippen LogP contribution < -0.4 is 42.5 Å². The molecule has 8 N–H and O–H groups in total. The molecule has 6 rings (SSSR count). The summed E-state index contributed by atoms with van der Waals surface area (Å²) in [4.78, 5) is 141. The van der Waals surface area contributed by atoms with Crippen LogP contribution in [0.2, 0.25) is 0 Å². The van der Waals surface area contributed by atoms with Gasteiger partial charge in [0.25, 0.3) is 0 Å². The number of amides is 8. The van der Waals surface area contributed by atoms with Gasteiger partial charge in [0.2, 0.25) is 41.4 Å². The van der Waals surface area contributed by atoms with Gasteiger partial charge in [-0.2, -0.15) is 0 Å². The molecular formula is C79H110N12O13. The van der Waals surface area contributed by atoms with E-state index in [1.165, 1.54) is 7.11 Å². The van der Waals surface area contributed by atoms with Gasteiger partial charge in [0.15, 0.2) is 0 Å². The van der Waals surface area contributed by atoms with Crippen molar-refractivity contribution in [2.45, 2.75) is 226 Å². The van der Waals surface area contributed by atoms with Crippen molar-refractivity contribution in [2.24, 2.45) is 24.8 Å². The molecule has 0 aliphatic rings. The zero-order valence-corrected chi connectivity index (χ0v) is 63.8. The van der Waals surface area contributed by atoms with Crippen LogP contribution >= 0.6 is 0 Å². The molecule has 104 heavy (non-hydrogen) atoms. The zero-order valence-electron chi connectivity index (χ0n) is 63.8. The van der Waals surface area contributed by atoms with Gasteiger partial charge in [0.05, 0.1) is 48.9 Å². The van der Waals surface area contributed by atoms with Gasteiger partial charge in [0, 0.05) is 44.4 Å². The Morgan fingerprint density at radius 2 is 0.837 bits per heavy atom. The number of ether oxygens (including phenoxy) is 4. The van der Waals surface area contributed by atoms with Gasteiger partial charge in [0.1, 0.15) is 59.5 Å². The highest BCUT2D eigenvalue weighted by Crippen LogP contribution is 2.41. The molecule has 0 aliphatic heterocycles. The number of esters is 1. The Morgan fingerprint density at radius 3 is 1.26 bits per heavy atom. The van der Waals surface area contributed by atoms with Crippen LogP contribution in [0.5, 0.6) is 0 Å². The zero-order chi connectivity index (χ0) is 77.0. The van der Waals surface area contributed by atoms with Gasteiger partial charge in [-0.05, 0) is 116 Å². The molecule has 4 aromatic carbocycles. The average Bonchev–Trinajstić information content (AvgIpc) is 1.28. The van der Waals surface area contributed by atoms with Crippen LogP contribution in [-0.4, -0.2) is 157 Å². The fourth-order valence-electron chi connectivity index (χ4n) is 12.2. The second kappa shape index (κ2) is 37.1. The first-order chi connectivity index (χ1) is 48.8. The normalized spacial score (nSPS) is 15.2. The van der Waals surface area contributed by atoms with Gasteiger partial charge in [-0.25, -0.2) is 19.6 Å². The van der Waals surface area contributed by atoms with Crippen LogP contribution in [0.4, 0.5) is 4.79 Å². The number of rotatable bonds is 34. The third-order valence-corrected chi connectivity index (χ3v) is 17.5. The second-order valence-corrected chi connectivity index (χ2v) is 30.2. The first-order valence-electron chi connectivity index (χ1n) is 35.6. The first-order valence-corrected chi connectivity index (χ1v) is 35.6. The van der Waals surface area contributed by atoms with E-state index >= 15 is 19.2 Å². The fourth-order valence-corrected chi connectivity index (χ4v) is 12.2. The Kier molecular flexibility index (Phi) is 29.7. The van der Waals surface area contributed by atoms with Gasteiger partial charge < -0.3 is 70.6 Å². The van der Waals surface area contributed by atoms with E-state index in [4.69, 9.17) is 23.9 Å². The Labute approximate surface area is 612 Å². The lowest BCUT2D eigenvalue weighted by molar-refractivity contribution is -0.149. The van der Waals surface area contributed by atoms with E-state index in [9.17, 15) is 24.0 Å². The van der Waals surface area contributed by atoms with Crippen LogP contribution in [0.25, 0.3) is 0 Å². The van der Waals surface area contributed by atoms with E-state index in [2.05, 4.69) is 47.5 Å². The number of hydrogen-bond donors (Lipinski definition) is 8. The summed E-state index contributed by atoms with van der Waals surface area (Å²) in [6.45, 7) is 29.3. The van der Waals surface area contributed by atoms with Gasteiger partial charge >= 0.3 is 12.1 Å². The Morgan fingerprint density at radius 1 is 0.452 bits per heavy atom. The highest BCUT2D eigenvalue weighted by Gasteiger charge is 2.43. The number of aromatic nitrogens is 4. The largest absolute Gasteiger partial charge is 0.467 e. The molecule has 2 heterocycles. The maximum atomic E-state index is 15.8. The number of nitrogens with zero attached hydrogens (tertiary/aromatic N) is 4. The van der Waals surface area contributed by atoms with E-state index in [1.807, 2.05) is 102 Å². The Balaban J connectivity index is 1.43. The molecule has 6 aromatic rings. The van der Waals surface area contributed by atoms with Crippen molar-refractivity contribution in [1.82, 2.24) is 61.6 Å². The summed E-state index contributed by atoms with van der Waals surface area (Å²) in [7, 11) is 2.94.